The van der Waals surface area contributed by atoms with Crippen LogP contribution in [0.1, 0.15) is 65.2 Å². The zero-order valence-corrected chi connectivity index (χ0v) is 26.2. The Hall–Kier alpha value is -5.76. The quantitative estimate of drug-likeness (QED) is 0.122. The molecule has 232 valence electrons. The summed E-state index contributed by atoms with van der Waals surface area (Å²) in [4.78, 5) is 51.3. The SMILES string of the molecule is C=CC(=O)OCc1cc(C)c(Nc2ccc(Nc3c(C)cc(COC(=O)C=C)cc3C)c3c2C(=O)c2ccccc2C3=O)c(C)c1. The third kappa shape index (κ3) is 6.23. The number of benzene rings is 4. The van der Waals surface area contributed by atoms with Crippen LogP contribution >= 0.6 is 0 Å². The van der Waals surface area contributed by atoms with Crippen LogP contribution in [-0.2, 0) is 32.3 Å². The molecule has 46 heavy (non-hydrogen) atoms. The van der Waals surface area contributed by atoms with Crippen molar-refractivity contribution < 1.29 is 28.7 Å². The molecule has 0 saturated carbocycles. The van der Waals surface area contributed by atoms with Crippen LogP contribution in [0.25, 0.3) is 0 Å². The van der Waals surface area contributed by atoms with Gasteiger partial charge in [0.25, 0.3) is 0 Å². The maximum Gasteiger partial charge on any atom is 0.330 e. The third-order valence-electron chi connectivity index (χ3n) is 7.88. The highest BCUT2D eigenvalue weighted by atomic mass is 16.5. The molecule has 2 N–H and O–H groups in total. The molecule has 0 aromatic heterocycles. The zero-order valence-electron chi connectivity index (χ0n) is 26.2. The van der Waals surface area contributed by atoms with Crippen molar-refractivity contribution in [2.45, 2.75) is 40.9 Å². The van der Waals surface area contributed by atoms with Crippen LogP contribution in [0.15, 0.2) is 86.0 Å². The van der Waals surface area contributed by atoms with Crippen molar-refractivity contribution >= 4 is 46.3 Å². The van der Waals surface area contributed by atoms with Crippen molar-refractivity contribution in [1.82, 2.24) is 0 Å². The van der Waals surface area contributed by atoms with Crippen LogP contribution in [0.2, 0.25) is 0 Å². The highest BCUT2D eigenvalue weighted by Gasteiger charge is 2.34. The summed E-state index contributed by atoms with van der Waals surface area (Å²) in [6.45, 7) is 14.8. The summed E-state index contributed by atoms with van der Waals surface area (Å²) in [6, 6.07) is 18.1. The van der Waals surface area contributed by atoms with Gasteiger partial charge < -0.3 is 20.1 Å². The molecule has 4 aromatic rings. The largest absolute Gasteiger partial charge is 0.458 e. The molecule has 0 bridgehead atoms. The summed E-state index contributed by atoms with van der Waals surface area (Å²) in [6.07, 6.45) is 2.24. The second kappa shape index (κ2) is 13.1. The summed E-state index contributed by atoms with van der Waals surface area (Å²) >= 11 is 0. The smallest absolute Gasteiger partial charge is 0.330 e. The molecule has 0 saturated heterocycles. The van der Waals surface area contributed by atoms with E-state index < -0.39 is 11.9 Å². The fourth-order valence-electron chi connectivity index (χ4n) is 5.79. The Morgan fingerprint density at radius 2 is 0.978 bits per heavy atom. The average Bonchev–Trinajstić information content (AvgIpc) is 3.04. The standard InChI is InChI=1S/C38H34N2O6/c1-7-31(41)45-19-25-15-21(3)35(22(4)16-25)39-29-13-14-30(34-33(29)37(43)27-11-9-10-12-28(27)38(34)44)40-36-23(5)17-26(18-24(36)6)20-46-32(42)8-2/h7-18,39-40H,1-2,19-20H2,3-6H3. The number of ether oxygens (including phenoxy) is 2. The summed E-state index contributed by atoms with van der Waals surface area (Å²) in [5.74, 6) is -1.52. The highest BCUT2D eigenvalue weighted by molar-refractivity contribution is 6.32. The van der Waals surface area contributed by atoms with Gasteiger partial charge in [-0.15, -0.1) is 0 Å². The van der Waals surface area contributed by atoms with E-state index in [-0.39, 0.29) is 35.9 Å². The van der Waals surface area contributed by atoms with Crippen molar-refractivity contribution in [1.29, 1.82) is 0 Å². The van der Waals surface area contributed by atoms with Gasteiger partial charge in [0, 0.05) is 34.7 Å². The first-order valence-electron chi connectivity index (χ1n) is 14.7. The molecule has 0 heterocycles. The highest BCUT2D eigenvalue weighted by Crippen LogP contribution is 2.40. The first-order chi connectivity index (χ1) is 22.0. The zero-order chi connectivity index (χ0) is 33.1. The number of nitrogens with one attached hydrogen (secondary N) is 2. The fraction of sp³-hybridized carbons (Fsp3) is 0.158. The van der Waals surface area contributed by atoms with Gasteiger partial charge >= 0.3 is 11.9 Å². The molecule has 0 spiro atoms. The van der Waals surface area contributed by atoms with E-state index in [1.807, 2.05) is 52.0 Å². The number of esters is 2. The van der Waals surface area contributed by atoms with Crippen molar-refractivity contribution in [3.63, 3.8) is 0 Å². The molecule has 4 aromatic carbocycles. The minimum absolute atomic E-state index is 0.103. The topological polar surface area (TPSA) is 111 Å². The number of anilines is 4. The maximum absolute atomic E-state index is 14.1. The van der Waals surface area contributed by atoms with Crippen LogP contribution in [0.3, 0.4) is 0 Å². The number of hydrogen-bond donors (Lipinski definition) is 2. The predicted molar refractivity (Wildman–Crippen MR) is 178 cm³/mol. The number of ketones is 2. The maximum atomic E-state index is 14.1. The summed E-state index contributed by atoms with van der Waals surface area (Å²) < 4.78 is 10.4. The minimum Gasteiger partial charge on any atom is -0.458 e. The number of carbonyl (C=O) groups excluding carboxylic acids is 4. The molecule has 0 unspecified atom stereocenters. The molecular formula is C38H34N2O6. The van der Waals surface area contributed by atoms with E-state index in [1.165, 1.54) is 0 Å². The predicted octanol–water partition coefficient (Wildman–Crippen LogP) is 7.64. The summed E-state index contributed by atoms with van der Waals surface area (Å²) in [5.41, 5.74) is 8.93. The van der Waals surface area contributed by atoms with Gasteiger partial charge in [-0.1, -0.05) is 61.7 Å². The molecule has 0 atom stereocenters. The van der Waals surface area contributed by atoms with E-state index in [0.717, 1.165) is 56.9 Å². The Balaban J connectivity index is 1.56. The first-order valence-corrected chi connectivity index (χ1v) is 14.7. The second-order valence-electron chi connectivity index (χ2n) is 11.2. The molecule has 1 aliphatic carbocycles. The van der Waals surface area contributed by atoms with E-state index in [9.17, 15) is 19.2 Å². The van der Waals surface area contributed by atoms with Crippen LogP contribution < -0.4 is 10.6 Å². The first kappa shape index (κ1) is 31.7. The Morgan fingerprint density at radius 1 is 0.630 bits per heavy atom. The second-order valence-corrected chi connectivity index (χ2v) is 11.2. The monoisotopic (exact) mass is 614 g/mol. The number of rotatable bonds is 10. The van der Waals surface area contributed by atoms with Gasteiger partial charge in [-0.25, -0.2) is 9.59 Å². The van der Waals surface area contributed by atoms with Gasteiger partial charge in [-0.3, -0.25) is 9.59 Å². The number of hydrogen-bond acceptors (Lipinski definition) is 8. The minimum atomic E-state index is -0.503. The number of fused-ring (bicyclic) bond motifs is 2. The Morgan fingerprint density at radius 3 is 1.30 bits per heavy atom. The molecule has 5 rings (SSSR count). The lowest BCUT2D eigenvalue weighted by Crippen LogP contribution is -2.23. The van der Waals surface area contributed by atoms with E-state index in [0.29, 0.717) is 22.5 Å². The molecule has 0 radical (unpaired) electrons. The van der Waals surface area contributed by atoms with Gasteiger partial charge in [-0.05, 0) is 73.2 Å². The third-order valence-corrected chi connectivity index (χ3v) is 7.88. The lowest BCUT2D eigenvalue weighted by molar-refractivity contribution is -0.139. The van der Waals surface area contributed by atoms with Gasteiger partial charge in [-0.2, -0.15) is 0 Å². The normalized spacial score (nSPS) is 11.7. The number of carbonyl (C=O) groups is 4. The van der Waals surface area contributed by atoms with Gasteiger partial charge in [0.1, 0.15) is 13.2 Å². The summed E-state index contributed by atoms with van der Waals surface area (Å²) in [5, 5.41) is 6.86. The lowest BCUT2D eigenvalue weighted by Gasteiger charge is -2.25. The van der Waals surface area contributed by atoms with Gasteiger partial charge in [0.05, 0.1) is 22.5 Å². The molecular weight excluding hydrogens is 580 g/mol. The Labute approximate surface area is 267 Å². The van der Waals surface area contributed by atoms with E-state index in [2.05, 4.69) is 23.8 Å². The van der Waals surface area contributed by atoms with Crippen LogP contribution in [0.5, 0.6) is 0 Å². The fourth-order valence-corrected chi connectivity index (χ4v) is 5.79. The number of aryl methyl sites for hydroxylation is 4. The van der Waals surface area contributed by atoms with Crippen LogP contribution in [-0.4, -0.2) is 23.5 Å². The van der Waals surface area contributed by atoms with Crippen molar-refractivity contribution in [2.24, 2.45) is 0 Å². The molecule has 8 heteroatoms. The van der Waals surface area contributed by atoms with Crippen LogP contribution in [0, 0.1) is 27.7 Å². The summed E-state index contributed by atoms with van der Waals surface area (Å²) in [7, 11) is 0. The van der Waals surface area contributed by atoms with Crippen LogP contribution in [0.4, 0.5) is 22.7 Å². The lowest BCUT2D eigenvalue weighted by atomic mass is 9.82. The molecule has 0 aliphatic heterocycles. The van der Waals surface area contributed by atoms with E-state index >= 15 is 0 Å². The molecule has 1 aliphatic rings. The van der Waals surface area contributed by atoms with Crippen molar-refractivity contribution in [2.75, 3.05) is 10.6 Å². The van der Waals surface area contributed by atoms with E-state index in [1.54, 1.807) is 36.4 Å². The van der Waals surface area contributed by atoms with Crippen molar-refractivity contribution in [3.05, 3.63) is 142 Å². The van der Waals surface area contributed by atoms with Gasteiger partial charge in [0.2, 0.25) is 0 Å². The van der Waals surface area contributed by atoms with Gasteiger partial charge in [0.15, 0.2) is 11.6 Å². The molecule has 0 amide bonds. The molecule has 0 fully saturated rings. The molecule has 8 nitrogen and oxygen atoms in total. The average molecular weight is 615 g/mol. The Kier molecular flexibility index (Phi) is 9.00. The Bertz CT molecular complexity index is 1770. The van der Waals surface area contributed by atoms with Crippen molar-refractivity contribution in [3.8, 4) is 0 Å². The van der Waals surface area contributed by atoms with E-state index in [4.69, 9.17) is 9.47 Å².